The highest BCUT2D eigenvalue weighted by molar-refractivity contribution is 6.03. The molecule has 3 aromatic rings. The second-order valence-corrected chi connectivity index (χ2v) is 6.42. The summed E-state index contributed by atoms with van der Waals surface area (Å²) in [6, 6.07) is 12.7. The molecule has 8 nitrogen and oxygen atoms in total. The van der Waals surface area contributed by atoms with Gasteiger partial charge in [0.1, 0.15) is 13.2 Å². The highest BCUT2D eigenvalue weighted by Gasteiger charge is 2.19. The Morgan fingerprint density at radius 1 is 0.929 bits per heavy atom. The van der Waals surface area contributed by atoms with Gasteiger partial charge in [-0.1, -0.05) is 0 Å². The van der Waals surface area contributed by atoms with Gasteiger partial charge in [-0.15, -0.1) is 0 Å². The largest absolute Gasteiger partial charge is 0.486 e. The zero-order valence-corrected chi connectivity index (χ0v) is 15.1. The summed E-state index contributed by atoms with van der Waals surface area (Å²) in [7, 11) is 1.79. The topological polar surface area (TPSA) is 83.8 Å². The molecule has 2 aromatic carbocycles. The Morgan fingerprint density at radius 2 is 1.64 bits per heavy atom. The van der Waals surface area contributed by atoms with Gasteiger partial charge in [0, 0.05) is 24.4 Å². The Balaban J connectivity index is 1.38. The van der Waals surface area contributed by atoms with Crippen molar-refractivity contribution < 1.29 is 23.7 Å². The molecule has 2 aliphatic rings. The maximum atomic E-state index is 12.7. The Labute approximate surface area is 160 Å². The van der Waals surface area contributed by atoms with Crippen molar-refractivity contribution in [2.75, 3.05) is 25.3 Å². The SMILES string of the molecule is Cn1nc(C(=O)Nc2ccc3c(c2)OCCO3)cc1-c1ccc2c(c1)OCO2. The Hall–Kier alpha value is -3.68. The number of hydrogen-bond donors (Lipinski definition) is 1. The number of rotatable bonds is 3. The van der Waals surface area contributed by atoms with Crippen molar-refractivity contribution in [3.05, 3.63) is 48.2 Å². The van der Waals surface area contributed by atoms with Crippen LogP contribution in [0.1, 0.15) is 10.5 Å². The molecule has 28 heavy (non-hydrogen) atoms. The van der Waals surface area contributed by atoms with Gasteiger partial charge in [-0.3, -0.25) is 9.48 Å². The van der Waals surface area contributed by atoms with Gasteiger partial charge >= 0.3 is 0 Å². The monoisotopic (exact) mass is 379 g/mol. The lowest BCUT2D eigenvalue weighted by Gasteiger charge is -2.18. The van der Waals surface area contributed by atoms with E-state index in [4.69, 9.17) is 18.9 Å². The normalized spacial score (nSPS) is 14.0. The van der Waals surface area contributed by atoms with Crippen LogP contribution in [0.5, 0.6) is 23.0 Å². The van der Waals surface area contributed by atoms with Crippen LogP contribution in [-0.2, 0) is 7.05 Å². The molecule has 0 bridgehead atoms. The van der Waals surface area contributed by atoms with Gasteiger partial charge < -0.3 is 24.3 Å². The first-order valence-corrected chi connectivity index (χ1v) is 8.82. The van der Waals surface area contributed by atoms with E-state index in [9.17, 15) is 4.79 Å². The lowest BCUT2D eigenvalue weighted by atomic mass is 10.1. The minimum absolute atomic E-state index is 0.216. The molecule has 1 N–H and O–H groups in total. The van der Waals surface area contributed by atoms with E-state index in [1.165, 1.54) is 0 Å². The van der Waals surface area contributed by atoms with Gasteiger partial charge in [0.15, 0.2) is 28.7 Å². The van der Waals surface area contributed by atoms with Crippen molar-refractivity contribution in [3.63, 3.8) is 0 Å². The summed E-state index contributed by atoms with van der Waals surface area (Å²) < 4.78 is 23.5. The number of anilines is 1. The molecule has 1 amide bonds. The molecule has 142 valence electrons. The molecule has 0 fully saturated rings. The molecule has 0 radical (unpaired) electrons. The third kappa shape index (κ3) is 2.88. The van der Waals surface area contributed by atoms with Crippen LogP contribution < -0.4 is 24.3 Å². The van der Waals surface area contributed by atoms with E-state index in [2.05, 4.69) is 10.4 Å². The van der Waals surface area contributed by atoms with E-state index >= 15 is 0 Å². The molecule has 8 heteroatoms. The molecular weight excluding hydrogens is 362 g/mol. The minimum Gasteiger partial charge on any atom is -0.486 e. The van der Waals surface area contributed by atoms with Gasteiger partial charge in [0.25, 0.3) is 5.91 Å². The molecule has 1 aromatic heterocycles. The molecule has 0 atom stereocenters. The summed E-state index contributed by atoms with van der Waals surface area (Å²) in [6.07, 6.45) is 0. The fourth-order valence-corrected chi connectivity index (χ4v) is 3.22. The predicted octanol–water partition coefficient (Wildman–Crippen LogP) is 2.84. The maximum absolute atomic E-state index is 12.7. The first kappa shape index (κ1) is 16.5. The van der Waals surface area contributed by atoms with Gasteiger partial charge in [-0.2, -0.15) is 5.10 Å². The number of aryl methyl sites for hydroxylation is 1. The fraction of sp³-hybridized carbons (Fsp3) is 0.200. The predicted molar refractivity (Wildman–Crippen MR) is 100 cm³/mol. The number of fused-ring (bicyclic) bond motifs is 2. The molecule has 5 rings (SSSR count). The van der Waals surface area contributed by atoms with E-state index in [1.807, 2.05) is 18.2 Å². The van der Waals surface area contributed by atoms with Crippen molar-refractivity contribution >= 4 is 11.6 Å². The lowest BCUT2D eigenvalue weighted by Crippen LogP contribution is -2.16. The Bertz CT molecular complexity index is 1080. The van der Waals surface area contributed by atoms with Crippen LogP contribution in [0, 0.1) is 0 Å². The summed E-state index contributed by atoms with van der Waals surface area (Å²) in [5, 5.41) is 7.19. The molecule has 0 aliphatic carbocycles. The van der Waals surface area contributed by atoms with Crippen LogP contribution in [0.4, 0.5) is 5.69 Å². The third-order valence-corrected chi connectivity index (χ3v) is 4.58. The molecular formula is C20H17N3O5. The van der Waals surface area contributed by atoms with Crippen molar-refractivity contribution in [2.45, 2.75) is 0 Å². The molecule has 0 spiro atoms. The van der Waals surface area contributed by atoms with Crippen LogP contribution in [0.15, 0.2) is 42.5 Å². The van der Waals surface area contributed by atoms with Crippen LogP contribution in [0.2, 0.25) is 0 Å². The molecule has 0 saturated heterocycles. The van der Waals surface area contributed by atoms with Crippen molar-refractivity contribution in [1.29, 1.82) is 0 Å². The number of hydrogen-bond acceptors (Lipinski definition) is 6. The van der Waals surface area contributed by atoms with E-state index < -0.39 is 0 Å². The summed E-state index contributed by atoms with van der Waals surface area (Å²) in [6.45, 7) is 1.23. The van der Waals surface area contributed by atoms with E-state index in [-0.39, 0.29) is 12.7 Å². The first-order chi connectivity index (χ1) is 13.7. The zero-order chi connectivity index (χ0) is 19.1. The second kappa shape index (κ2) is 6.49. The number of aromatic nitrogens is 2. The smallest absolute Gasteiger partial charge is 0.276 e. The van der Waals surface area contributed by atoms with Crippen molar-refractivity contribution in [2.24, 2.45) is 7.05 Å². The number of ether oxygens (including phenoxy) is 4. The number of benzene rings is 2. The second-order valence-electron chi connectivity index (χ2n) is 6.42. The van der Waals surface area contributed by atoms with E-state index in [1.54, 1.807) is 36.0 Å². The minimum atomic E-state index is -0.306. The van der Waals surface area contributed by atoms with Gasteiger partial charge in [-0.05, 0) is 36.4 Å². The highest BCUT2D eigenvalue weighted by Crippen LogP contribution is 2.36. The molecule has 0 unspecified atom stereocenters. The van der Waals surface area contributed by atoms with Crippen LogP contribution >= 0.6 is 0 Å². The Kier molecular flexibility index (Phi) is 3.82. The number of carbonyl (C=O) groups excluding carboxylic acids is 1. The summed E-state index contributed by atoms with van der Waals surface area (Å²) >= 11 is 0. The van der Waals surface area contributed by atoms with Crippen LogP contribution in [-0.4, -0.2) is 35.7 Å². The quantitative estimate of drug-likeness (QED) is 0.753. The summed E-state index contributed by atoms with van der Waals surface area (Å²) in [4.78, 5) is 12.7. The lowest BCUT2D eigenvalue weighted by molar-refractivity contribution is 0.102. The highest BCUT2D eigenvalue weighted by atomic mass is 16.7. The fourth-order valence-electron chi connectivity index (χ4n) is 3.22. The summed E-state index contributed by atoms with van der Waals surface area (Å²) in [5.74, 6) is 2.38. The summed E-state index contributed by atoms with van der Waals surface area (Å²) in [5.41, 5.74) is 2.61. The molecule has 2 aliphatic heterocycles. The standard InChI is InChI=1S/C20H17N3O5/c1-23-15(12-2-4-17-18(8-12)28-11-27-17)10-14(22-23)20(24)21-13-3-5-16-19(9-13)26-7-6-25-16/h2-5,8-10H,6-7,11H2,1H3,(H,21,24). The van der Waals surface area contributed by atoms with Crippen molar-refractivity contribution in [3.8, 4) is 34.3 Å². The average molecular weight is 379 g/mol. The van der Waals surface area contributed by atoms with Crippen molar-refractivity contribution in [1.82, 2.24) is 9.78 Å². The number of nitrogens with one attached hydrogen (secondary N) is 1. The number of nitrogens with zero attached hydrogens (tertiary/aromatic N) is 2. The first-order valence-electron chi connectivity index (χ1n) is 8.82. The average Bonchev–Trinajstić information content (AvgIpc) is 3.33. The third-order valence-electron chi connectivity index (χ3n) is 4.58. The Morgan fingerprint density at radius 3 is 2.54 bits per heavy atom. The number of carbonyl (C=O) groups is 1. The van der Waals surface area contributed by atoms with Crippen LogP contribution in [0.25, 0.3) is 11.3 Å². The molecule has 3 heterocycles. The van der Waals surface area contributed by atoms with Gasteiger partial charge in [0.2, 0.25) is 6.79 Å². The molecule has 0 saturated carbocycles. The van der Waals surface area contributed by atoms with Gasteiger partial charge in [-0.25, -0.2) is 0 Å². The zero-order valence-electron chi connectivity index (χ0n) is 15.1. The number of amides is 1. The maximum Gasteiger partial charge on any atom is 0.276 e. The van der Waals surface area contributed by atoms with Crippen LogP contribution in [0.3, 0.4) is 0 Å². The van der Waals surface area contributed by atoms with Gasteiger partial charge in [0.05, 0.1) is 5.69 Å². The van der Waals surface area contributed by atoms with E-state index in [0.29, 0.717) is 47.6 Å². The van der Waals surface area contributed by atoms with E-state index in [0.717, 1.165) is 11.3 Å².